The van der Waals surface area contributed by atoms with Gasteiger partial charge in [-0.1, -0.05) is 11.6 Å². The van der Waals surface area contributed by atoms with Crippen molar-refractivity contribution in [1.29, 1.82) is 0 Å². The zero-order valence-electron chi connectivity index (χ0n) is 11.6. The van der Waals surface area contributed by atoms with E-state index in [1.165, 1.54) is 0 Å². The van der Waals surface area contributed by atoms with E-state index in [2.05, 4.69) is 10.5 Å². The van der Waals surface area contributed by atoms with E-state index in [1.807, 2.05) is 18.2 Å². The van der Waals surface area contributed by atoms with Crippen molar-refractivity contribution in [3.63, 3.8) is 0 Å². The molecule has 0 fully saturated rings. The molecule has 0 spiro atoms. The lowest BCUT2D eigenvalue weighted by molar-refractivity contribution is 0.0955. The van der Waals surface area contributed by atoms with E-state index in [9.17, 15) is 4.79 Å². The molecule has 0 bridgehead atoms. The number of fused-ring (bicyclic) bond motifs is 1. The Morgan fingerprint density at radius 1 is 1.09 bits per heavy atom. The van der Waals surface area contributed by atoms with Gasteiger partial charge < -0.3 is 9.47 Å². The fourth-order valence-electron chi connectivity index (χ4n) is 1.97. The van der Waals surface area contributed by atoms with Crippen molar-refractivity contribution in [1.82, 2.24) is 5.43 Å². The second kappa shape index (κ2) is 6.49. The van der Waals surface area contributed by atoms with E-state index in [4.69, 9.17) is 21.1 Å². The first-order chi connectivity index (χ1) is 10.7. The van der Waals surface area contributed by atoms with Crippen LogP contribution in [0.1, 0.15) is 15.9 Å². The Hall–Kier alpha value is -2.53. The van der Waals surface area contributed by atoms with Gasteiger partial charge in [0.25, 0.3) is 5.91 Å². The number of carbonyl (C=O) groups excluding carboxylic acids is 1. The van der Waals surface area contributed by atoms with Crippen LogP contribution < -0.4 is 14.9 Å². The normalized spacial score (nSPS) is 13.1. The Morgan fingerprint density at radius 3 is 2.59 bits per heavy atom. The molecular formula is C16H13ClN2O3. The van der Waals surface area contributed by atoms with Crippen LogP contribution in [-0.2, 0) is 0 Å². The molecule has 2 aromatic rings. The van der Waals surface area contributed by atoms with E-state index < -0.39 is 0 Å². The number of nitrogens with zero attached hydrogens (tertiary/aromatic N) is 1. The molecule has 5 nitrogen and oxygen atoms in total. The third kappa shape index (κ3) is 3.38. The average Bonchev–Trinajstić information content (AvgIpc) is 2.55. The van der Waals surface area contributed by atoms with Crippen molar-refractivity contribution in [2.75, 3.05) is 13.2 Å². The summed E-state index contributed by atoms with van der Waals surface area (Å²) in [6.45, 7) is 1.08. The van der Waals surface area contributed by atoms with Crippen LogP contribution in [0.5, 0.6) is 11.5 Å². The predicted octanol–water partition coefficient (Wildman–Crippen LogP) is 2.88. The van der Waals surface area contributed by atoms with E-state index in [-0.39, 0.29) is 5.91 Å². The van der Waals surface area contributed by atoms with Gasteiger partial charge in [0.2, 0.25) is 0 Å². The zero-order valence-corrected chi connectivity index (χ0v) is 12.3. The number of halogens is 1. The summed E-state index contributed by atoms with van der Waals surface area (Å²) in [5, 5.41) is 4.52. The van der Waals surface area contributed by atoms with Crippen molar-refractivity contribution >= 4 is 23.7 Å². The van der Waals surface area contributed by atoms with Crippen LogP contribution >= 0.6 is 11.6 Å². The number of benzene rings is 2. The zero-order chi connectivity index (χ0) is 15.4. The second-order valence-electron chi connectivity index (χ2n) is 4.61. The highest BCUT2D eigenvalue weighted by atomic mass is 35.5. The van der Waals surface area contributed by atoms with Gasteiger partial charge in [-0.05, 0) is 48.0 Å². The first-order valence-electron chi connectivity index (χ1n) is 6.71. The molecule has 0 radical (unpaired) electrons. The Morgan fingerprint density at radius 2 is 1.82 bits per heavy atom. The number of hydrazone groups is 1. The summed E-state index contributed by atoms with van der Waals surface area (Å²) in [6.07, 6.45) is 1.55. The maximum Gasteiger partial charge on any atom is 0.271 e. The molecule has 112 valence electrons. The lowest BCUT2D eigenvalue weighted by Gasteiger charge is -2.18. The van der Waals surface area contributed by atoms with E-state index in [0.29, 0.717) is 35.3 Å². The van der Waals surface area contributed by atoms with Gasteiger partial charge in [0.15, 0.2) is 11.5 Å². The van der Waals surface area contributed by atoms with Gasteiger partial charge in [-0.25, -0.2) is 5.43 Å². The fraction of sp³-hybridized carbons (Fsp3) is 0.125. The first-order valence-corrected chi connectivity index (χ1v) is 7.09. The van der Waals surface area contributed by atoms with Crippen molar-refractivity contribution in [3.8, 4) is 11.5 Å². The van der Waals surface area contributed by atoms with Crippen LogP contribution in [0.3, 0.4) is 0 Å². The minimum Gasteiger partial charge on any atom is -0.486 e. The topological polar surface area (TPSA) is 59.9 Å². The highest BCUT2D eigenvalue weighted by Crippen LogP contribution is 2.30. The van der Waals surface area contributed by atoms with Crippen LogP contribution in [0.25, 0.3) is 0 Å². The molecule has 1 aliphatic heterocycles. The third-order valence-electron chi connectivity index (χ3n) is 3.05. The van der Waals surface area contributed by atoms with Crippen LogP contribution in [0.15, 0.2) is 47.6 Å². The summed E-state index contributed by atoms with van der Waals surface area (Å²) in [5.41, 5.74) is 3.76. The molecule has 0 aromatic heterocycles. The van der Waals surface area contributed by atoms with Gasteiger partial charge in [0.1, 0.15) is 13.2 Å². The quantitative estimate of drug-likeness (QED) is 0.699. The predicted molar refractivity (Wildman–Crippen MR) is 83.9 cm³/mol. The lowest BCUT2D eigenvalue weighted by atomic mass is 10.2. The number of hydrogen-bond donors (Lipinski definition) is 1. The molecule has 3 rings (SSSR count). The second-order valence-corrected chi connectivity index (χ2v) is 5.05. The van der Waals surface area contributed by atoms with Gasteiger partial charge in [-0.3, -0.25) is 4.79 Å². The van der Waals surface area contributed by atoms with E-state index in [1.54, 1.807) is 30.5 Å². The van der Waals surface area contributed by atoms with Gasteiger partial charge in [-0.15, -0.1) is 0 Å². The molecule has 1 N–H and O–H groups in total. The number of rotatable bonds is 3. The lowest BCUT2D eigenvalue weighted by Crippen LogP contribution is -2.17. The number of hydrogen-bond acceptors (Lipinski definition) is 4. The Labute approximate surface area is 132 Å². The van der Waals surface area contributed by atoms with Crippen LogP contribution in [-0.4, -0.2) is 25.3 Å². The van der Waals surface area contributed by atoms with Gasteiger partial charge in [-0.2, -0.15) is 5.10 Å². The van der Waals surface area contributed by atoms with Gasteiger partial charge in [0.05, 0.1) is 6.21 Å². The molecule has 0 atom stereocenters. The molecule has 2 aromatic carbocycles. The Balaban J connectivity index is 1.64. The SMILES string of the molecule is O=C(N/N=C\c1ccc2c(c1)OCCO2)c1ccc(Cl)cc1. The molecule has 1 aliphatic rings. The van der Waals surface area contributed by atoms with Crippen LogP contribution in [0, 0.1) is 0 Å². The van der Waals surface area contributed by atoms with Gasteiger partial charge >= 0.3 is 0 Å². The highest BCUT2D eigenvalue weighted by Gasteiger charge is 2.11. The number of ether oxygens (including phenoxy) is 2. The number of carbonyl (C=O) groups is 1. The standard InChI is InChI=1S/C16H13ClN2O3/c17-13-4-2-12(3-5-13)16(20)19-18-10-11-1-6-14-15(9-11)22-8-7-21-14/h1-6,9-10H,7-8H2,(H,19,20)/b18-10-. The molecule has 0 unspecified atom stereocenters. The summed E-state index contributed by atoms with van der Waals surface area (Å²) in [6, 6.07) is 12.0. The summed E-state index contributed by atoms with van der Waals surface area (Å²) < 4.78 is 10.9. The largest absolute Gasteiger partial charge is 0.486 e. The third-order valence-corrected chi connectivity index (χ3v) is 3.30. The Bertz CT molecular complexity index is 714. The molecular weight excluding hydrogens is 304 g/mol. The van der Waals surface area contributed by atoms with Crippen molar-refractivity contribution < 1.29 is 14.3 Å². The monoisotopic (exact) mass is 316 g/mol. The minimum atomic E-state index is -0.300. The number of amides is 1. The van der Waals surface area contributed by atoms with Gasteiger partial charge in [0, 0.05) is 10.6 Å². The first kappa shape index (κ1) is 14.4. The van der Waals surface area contributed by atoms with Crippen molar-refractivity contribution in [3.05, 3.63) is 58.6 Å². The summed E-state index contributed by atoms with van der Waals surface area (Å²) in [5.74, 6) is 1.10. The summed E-state index contributed by atoms with van der Waals surface area (Å²) in [7, 11) is 0. The van der Waals surface area contributed by atoms with Crippen molar-refractivity contribution in [2.24, 2.45) is 5.10 Å². The molecule has 1 heterocycles. The maximum atomic E-state index is 11.9. The van der Waals surface area contributed by atoms with E-state index in [0.717, 1.165) is 5.56 Å². The maximum absolute atomic E-state index is 11.9. The minimum absolute atomic E-state index is 0.300. The molecule has 1 amide bonds. The summed E-state index contributed by atoms with van der Waals surface area (Å²) >= 11 is 5.78. The molecule has 0 saturated heterocycles. The fourth-order valence-corrected chi connectivity index (χ4v) is 2.10. The molecule has 0 aliphatic carbocycles. The number of nitrogens with one attached hydrogen (secondary N) is 1. The molecule has 22 heavy (non-hydrogen) atoms. The van der Waals surface area contributed by atoms with Crippen molar-refractivity contribution in [2.45, 2.75) is 0 Å². The molecule has 6 heteroatoms. The highest BCUT2D eigenvalue weighted by molar-refractivity contribution is 6.30. The average molecular weight is 317 g/mol. The molecule has 0 saturated carbocycles. The van der Waals surface area contributed by atoms with Crippen LogP contribution in [0.4, 0.5) is 0 Å². The van der Waals surface area contributed by atoms with E-state index >= 15 is 0 Å². The summed E-state index contributed by atoms with van der Waals surface area (Å²) in [4.78, 5) is 11.9. The Kier molecular flexibility index (Phi) is 4.25. The smallest absolute Gasteiger partial charge is 0.271 e. The van der Waals surface area contributed by atoms with Crippen LogP contribution in [0.2, 0.25) is 5.02 Å².